The number of furan rings is 1. The number of thioether (sulfide) groups is 1. The quantitative estimate of drug-likeness (QED) is 0.764. The molecule has 5 nitrogen and oxygen atoms in total. The summed E-state index contributed by atoms with van der Waals surface area (Å²) in [6, 6.07) is 3.07. The highest BCUT2D eigenvalue weighted by Crippen LogP contribution is 2.15. The van der Waals surface area contributed by atoms with Crippen molar-refractivity contribution in [3.8, 4) is 0 Å². The molecule has 1 atom stereocenters. The van der Waals surface area contributed by atoms with Crippen molar-refractivity contribution in [3.05, 3.63) is 17.9 Å². The molecule has 1 unspecified atom stereocenters. The lowest BCUT2D eigenvalue weighted by Gasteiger charge is -2.19. The van der Waals surface area contributed by atoms with Gasteiger partial charge in [-0.3, -0.25) is 0 Å². The van der Waals surface area contributed by atoms with Gasteiger partial charge in [0, 0.05) is 17.3 Å². The number of hydrogen-bond donors (Lipinski definition) is 2. The van der Waals surface area contributed by atoms with Crippen LogP contribution in [0.15, 0.2) is 21.6 Å². The highest BCUT2D eigenvalue weighted by molar-refractivity contribution is 7.99. The van der Waals surface area contributed by atoms with Crippen LogP contribution in [-0.2, 0) is 16.6 Å². The summed E-state index contributed by atoms with van der Waals surface area (Å²) in [5.74, 6) is 2.32. The SMILES string of the molecule is CCSCC(C)NS(=O)(=O)c1ccc(CNC(C)(C)C)o1. The molecular formula is C14H26N2O3S2. The molecule has 7 heteroatoms. The van der Waals surface area contributed by atoms with Crippen LogP contribution in [0.5, 0.6) is 0 Å². The molecule has 0 fully saturated rings. The third-order valence-electron chi connectivity index (χ3n) is 2.62. The van der Waals surface area contributed by atoms with E-state index in [0.717, 1.165) is 11.5 Å². The minimum atomic E-state index is -3.58. The van der Waals surface area contributed by atoms with Gasteiger partial charge in [0.25, 0.3) is 10.0 Å². The van der Waals surface area contributed by atoms with Crippen LogP contribution in [0.4, 0.5) is 0 Å². The van der Waals surface area contributed by atoms with Crippen molar-refractivity contribution in [2.75, 3.05) is 11.5 Å². The largest absolute Gasteiger partial charge is 0.447 e. The monoisotopic (exact) mass is 334 g/mol. The van der Waals surface area contributed by atoms with Gasteiger partial charge in [0.05, 0.1) is 6.54 Å². The van der Waals surface area contributed by atoms with Gasteiger partial charge >= 0.3 is 0 Å². The molecule has 0 amide bonds. The smallest absolute Gasteiger partial charge is 0.274 e. The molecule has 1 aromatic heterocycles. The highest BCUT2D eigenvalue weighted by Gasteiger charge is 2.21. The molecule has 0 aliphatic rings. The Labute approximate surface area is 132 Å². The van der Waals surface area contributed by atoms with E-state index in [1.165, 1.54) is 6.07 Å². The number of hydrogen-bond acceptors (Lipinski definition) is 5. The van der Waals surface area contributed by atoms with Crippen molar-refractivity contribution in [1.29, 1.82) is 0 Å². The van der Waals surface area contributed by atoms with Crippen molar-refractivity contribution in [1.82, 2.24) is 10.0 Å². The lowest BCUT2D eigenvalue weighted by Crippen LogP contribution is -2.35. The Hall–Kier alpha value is -0.500. The first-order valence-corrected chi connectivity index (χ1v) is 9.71. The Bertz CT molecular complexity index is 533. The Morgan fingerprint density at radius 1 is 1.33 bits per heavy atom. The molecule has 0 saturated carbocycles. The maximum atomic E-state index is 12.2. The number of sulfonamides is 1. The first-order chi connectivity index (χ1) is 9.64. The minimum absolute atomic E-state index is 0.0263. The van der Waals surface area contributed by atoms with Crippen molar-refractivity contribution in [2.45, 2.75) is 57.8 Å². The fraction of sp³-hybridized carbons (Fsp3) is 0.714. The first kappa shape index (κ1) is 18.5. The van der Waals surface area contributed by atoms with E-state index in [1.54, 1.807) is 17.8 Å². The molecule has 21 heavy (non-hydrogen) atoms. The van der Waals surface area contributed by atoms with E-state index >= 15 is 0 Å². The second kappa shape index (κ2) is 7.67. The molecular weight excluding hydrogens is 308 g/mol. The molecule has 0 aliphatic carbocycles. The second-order valence-corrected chi connectivity index (χ2v) is 8.97. The van der Waals surface area contributed by atoms with Gasteiger partial charge < -0.3 is 9.73 Å². The van der Waals surface area contributed by atoms with Crippen LogP contribution >= 0.6 is 11.8 Å². The maximum absolute atomic E-state index is 12.2. The second-order valence-electron chi connectivity index (χ2n) is 6.01. The van der Waals surface area contributed by atoms with E-state index in [2.05, 4.69) is 10.0 Å². The molecule has 0 aromatic carbocycles. The average Bonchev–Trinajstić information content (AvgIpc) is 2.82. The van der Waals surface area contributed by atoms with Crippen LogP contribution in [0.25, 0.3) is 0 Å². The molecule has 1 heterocycles. The van der Waals surface area contributed by atoms with Gasteiger partial charge in [0.1, 0.15) is 5.76 Å². The average molecular weight is 335 g/mol. The van der Waals surface area contributed by atoms with Gasteiger partial charge in [-0.25, -0.2) is 13.1 Å². The Balaban J connectivity index is 2.65. The summed E-state index contributed by atoms with van der Waals surface area (Å²) in [6.45, 7) is 10.5. The summed E-state index contributed by atoms with van der Waals surface area (Å²) < 4.78 is 32.4. The lowest BCUT2D eigenvalue weighted by atomic mass is 10.1. The van der Waals surface area contributed by atoms with Gasteiger partial charge in [0.2, 0.25) is 5.09 Å². The summed E-state index contributed by atoms with van der Waals surface area (Å²) in [5, 5.41) is 3.23. The third kappa shape index (κ3) is 6.86. The first-order valence-electron chi connectivity index (χ1n) is 7.08. The van der Waals surface area contributed by atoms with Gasteiger partial charge in [-0.2, -0.15) is 11.8 Å². The fourth-order valence-corrected chi connectivity index (χ4v) is 3.57. The summed E-state index contributed by atoms with van der Waals surface area (Å²) in [5.41, 5.74) is -0.0457. The molecule has 0 saturated heterocycles. The van der Waals surface area contributed by atoms with Crippen molar-refractivity contribution in [2.24, 2.45) is 0 Å². The molecule has 0 bridgehead atoms. The standard InChI is InChI=1S/C14H26N2O3S2/c1-6-20-10-11(2)16-21(17,18)13-8-7-12(19-13)9-15-14(3,4)5/h7-8,11,15-16H,6,9-10H2,1-5H3. The Morgan fingerprint density at radius 2 is 2.00 bits per heavy atom. The molecule has 0 radical (unpaired) electrons. The molecule has 2 N–H and O–H groups in total. The summed E-state index contributed by atoms with van der Waals surface area (Å²) >= 11 is 1.70. The third-order valence-corrected chi connectivity index (χ3v) is 5.23. The van der Waals surface area contributed by atoms with Crippen molar-refractivity contribution < 1.29 is 12.8 Å². The minimum Gasteiger partial charge on any atom is -0.447 e. The van der Waals surface area contributed by atoms with Crippen LogP contribution in [0.3, 0.4) is 0 Å². The number of rotatable bonds is 8. The van der Waals surface area contributed by atoms with Crippen LogP contribution in [0.1, 0.15) is 40.4 Å². The summed E-state index contributed by atoms with van der Waals surface area (Å²) in [7, 11) is -3.58. The van der Waals surface area contributed by atoms with Crippen molar-refractivity contribution in [3.63, 3.8) is 0 Å². The molecule has 1 aromatic rings. The Kier molecular flexibility index (Phi) is 6.77. The molecule has 1 rings (SSSR count). The van der Waals surface area contributed by atoms with Crippen LogP contribution < -0.4 is 10.0 Å². The Morgan fingerprint density at radius 3 is 2.57 bits per heavy atom. The van der Waals surface area contributed by atoms with Crippen LogP contribution in [0.2, 0.25) is 0 Å². The summed E-state index contributed by atoms with van der Waals surface area (Å²) in [6.07, 6.45) is 0. The number of nitrogens with one attached hydrogen (secondary N) is 2. The van der Waals surface area contributed by atoms with E-state index in [-0.39, 0.29) is 16.7 Å². The van der Waals surface area contributed by atoms with Crippen molar-refractivity contribution >= 4 is 21.8 Å². The predicted octanol–water partition coefficient (Wildman–Crippen LogP) is 2.59. The normalized spacial score (nSPS) is 14.3. The van der Waals surface area contributed by atoms with E-state index < -0.39 is 10.0 Å². The zero-order valence-electron chi connectivity index (χ0n) is 13.4. The lowest BCUT2D eigenvalue weighted by molar-refractivity contribution is 0.359. The van der Waals surface area contributed by atoms with Gasteiger partial charge in [-0.05, 0) is 45.6 Å². The molecule has 122 valence electrons. The molecule has 0 aliphatic heterocycles. The zero-order valence-corrected chi connectivity index (χ0v) is 15.0. The predicted molar refractivity (Wildman–Crippen MR) is 88.1 cm³/mol. The van der Waals surface area contributed by atoms with E-state index in [9.17, 15) is 8.42 Å². The van der Waals surface area contributed by atoms with Gasteiger partial charge in [-0.15, -0.1) is 0 Å². The maximum Gasteiger partial charge on any atom is 0.274 e. The summed E-state index contributed by atoms with van der Waals surface area (Å²) in [4.78, 5) is 0. The van der Waals surface area contributed by atoms with E-state index in [1.807, 2.05) is 34.6 Å². The highest BCUT2D eigenvalue weighted by atomic mass is 32.2. The van der Waals surface area contributed by atoms with Gasteiger partial charge in [-0.1, -0.05) is 6.92 Å². The van der Waals surface area contributed by atoms with E-state index in [0.29, 0.717) is 12.3 Å². The molecule has 0 spiro atoms. The fourth-order valence-electron chi connectivity index (χ4n) is 1.60. The van der Waals surface area contributed by atoms with E-state index in [4.69, 9.17) is 4.42 Å². The topological polar surface area (TPSA) is 71.3 Å². The van der Waals surface area contributed by atoms with Crippen LogP contribution in [0, 0.1) is 0 Å². The van der Waals surface area contributed by atoms with Crippen LogP contribution in [-0.4, -0.2) is 31.5 Å². The van der Waals surface area contributed by atoms with Gasteiger partial charge in [0.15, 0.2) is 0 Å². The zero-order chi connectivity index (χ0) is 16.1.